The number of aromatic hydroxyl groups is 1. The molecule has 0 bridgehead atoms. The molecule has 3 nitrogen and oxygen atoms in total. The Morgan fingerprint density at radius 1 is 0.783 bits per heavy atom. The van der Waals surface area contributed by atoms with E-state index in [1.54, 1.807) is 18.6 Å². The second-order valence-corrected chi connectivity index (χ2v) is 6.61. The molecule has 0 aliphatic carbocycles. The fourth-order valence-corrected chi connectivity index (χ4v) is 2.75. The Bertz CT molecular complexity index is 821. The molecular weight excluding hydrogens is 284 g/mol. The lowest BCUT2D eigenvalue weighted by molar-refractivity contribution is 0.448. The highest BCUT2D eigenvalue weighted by Crippen LogP contribution is 2.41. The molecule has 116 valence electrons. The van der Waals surface area contributed by atoms with E-state index in [-0.39, 0.29) is 5.41 Å². The smallest absolute Gasteiger partial charge is 0.127 e. The van der Waals surface area contributed by atoms with Gasteiger partial charge in [-0.3, -0.25) is 9.97 Å². The Labute approximate surface area is 136 Å². The van der Waals surface area contributed by atoms with Crippen LogP contribution in [0.4, 0.5) is 0 Å². The third kappa shape index (κ3) is 2.95. The molecule has 3 aromatic rings. The predicted molar refractivity (Wildman–Crippen MR) is 93.3 cm³/mol. The quantitative estimate of drug-likeness (QED) is 0.738. The van der Waals surface area contributed by atoms with E-state index in [2.05, 4.69) is 30.7 Å². The molecule has 0 aliphatic heterocycles. The SMILES string of the molecule is CC(C)(C)c1cccc(-c2cnccc2-c2cccnc2)c1O. The van der Waals surface area contributed by atoms with Crippen molar-refractivity contribution >= 4 is 0 Å². The van der Waals surface area contributed by atoms with Gasteiger partial charge in [-0.2, -0.15) is 0 Å². The molecule has 0 radical (unpaired) electrons. The second-order valence-electron chi connectivity index (χ2n) is 6.61. The van der Waals surface area contributed by atoms with Crippen LogP contribution >= 0.6 is 0 Å². The number of benzene rings is 1. The first-order valence-electron chi connectivity index (χ1n) is 7.66. The molecule has 0 aliphatic rings. The molecule has 0 spiro atoms. The summed E-state index contributed by atoms with van der Waals surface area (Å²) in [6.45, 7) is 6.28. The Hall–Kier alpha value is -2.68. The van der Waals surface area contributed by atoms with Crippen LogP contribution in [0.15, 0.2) is 61.2 Å². The maximum absolute atomic E-state index is 10.8. The van der Waals surface area contributed by atoms with Crippen molar-refractivity contribution in [2.45, 2.75) is 26.2 Å². The van der Waals surface area contributed by atoms with Gasteiger partial charge >= 0.3 is 0 Å². The van der Waals surface area contributed by atoms with Gasteiger partial charge < -0.3 is 5.11 Å². The number of hydrogen-bond acceptors (Lipinski definition) is 3. The van der Waals surface area contributed by atoms with Crippen LogP contribution < -0.4 is 0 Å². The largest absolute Gasteiger partial charge is 0.507 e. The number of rotatable bonds is 2. The van der Waals surface area contributed by atoms with Gasteiger partial charge in [-0.1, -0.05) is 45.0 Å². The molecule has 3 rings (SSSR count). The van der Waals surface area contributed by atoms with Crippen molar-refractivity contribution in [3.05, 3.63) is 66.7 Å². The Morgan fingerprint density at radius 3 is 2.26 bits per heavy atom. The summed E-state index contributed by atoms with van der Waals surface area (Å²) in [5, 5.41) is 10.8. The Morgan fingerprint density at radius 2 is 1.57 bits per heavy atom. The van der Waals surface area contributed by atoms with Gasteiger partial charge in [0.15, 0.2) is 0 Å². The normalized spacial score (nSPS) is 11.4. The van der Waals surface area contributed by atoms with E-state index < -0.39 is 0 Å². The Kier molecular flexibility index (Phi) is 3.87. The predicted octanol–water partition coefficient (Wildman–Crippen LogP) is 4.81. The zero-order chi connectivity index (χ0) is 16.4. The lowest BCUT2D eigenvalue weighted by Gasteiger charge is -2.22. The third-order valence-electron chi connectivity index (χ3n) is 3.93. The van der Waals surface area contributed by atoms with Crippen molar-refractivity contribution in [1.82, 2.24) is 9.97 Å². The third-order valence-corrected chi connectivity index (χ3v) is 3.93. The minimum Gasteiger partial charge on any atom is -0.507 e. The number of pyridine rings is 2. The fourth-order valence-electron chi connectivity index (χ4n) is 2.75. The molecular formula is C20H20N2O. The molecule has 0 saturated carbocycles. The summed E-state index contributed by atoms with van der Waals surface area (Å²) in [5.41, 5.74) is 4.51. The van der Waals surface area contributed by atoms with Gasteiger partial charge in [-0.05, 0) is 28.7 Å². The lowest BCUT2D eigenvalue weighted by Crippen LogP contribution is -2.11. The van der Waals surface area contributed by atoms with Crippen LogP contribution in [0.25, 0.3) is 22.3 Å². The summed E-state index contributed by atoms with van der Waals surface area (Å²) < 4.78 is 0. The average molecular weight is 304 g/mol. The molecule has 0 saturated heterocycles. The summed E-state index contributed by atoms with van der Waals surface area (Å²) in [5.74, 6) is 0.318. The van der Waals surface area contributed by atoms with Gasteiger partial charge in [0.1, 0.15) is 5.75 Å². The molecule has 1 N–H and O–H groups in total. The molecule has 23 heavy (non-hydrogen) atoms. The minimum absolute atomic E-state index is 0.128. The van der Waals surface area contributed by atoms with Crippen molar-refractivity contribution in [1.29, 1.82) is 0 Å². The first-order chi connectivity index (χ1) is 11.0. The number of phenols is 1. The van der Waals surface area contributed by atoms with E-state index in [9.17, 15) is 5.11 Å². The van der Waals surface area contributed by atoms with Crippen LogP contribution in [0.3, 0.4) is 0 Å². The molecule has 0 atom stereocenters. The number of phenolic OH excluding ortho intramolecular Hbond substituents is 1. The number of hydrogen-bond donors (Lipinski definition) is 1. The molecule has 0 unspecified atom stereocenters. The molecule has 2 heterocycles. The van der Waals surface area contributed by atoms with Gasteiger partial charge in [0, 0.05) is 41.5 Å². The average Bonchev–Trinajstić information content (AvgIpc) is 2.55. The van der Waals surface area contributed by atoms with E-state index in [0.717, 1.165) is 27.8 Å². The first-order valence-corrected chi connectivity index (χ1v) is 7.66. The van der Waals surface area contributed by atoms with Crippen LogP contribution in [0, 0.1) is 0 Å². The highest BCUT2D eigenvalue weighted by molar-refractivity contribution is 5.85. The van der Waals surface area contributed by atoms with Crippen LogP contribution in [0.2, 0.25) is 0 Å². The highest BCUT2D eigenvalue weighted by atomic mass is 16.3. The van der Waals surface area contributed by atoms with Crippen LogP contribution in [-0.2, 0) is 5.41 Å². The maximum atomic E-state index is 10.8. The fraction of sp³-hybridized carbons (Fsp3) is 0.200. The van der Waals surface area contributed by atoms with Crippen LogP contribution in [0.1, 0.15) is 26.3 Å². The molecule has 0 amide bonds. The summed E-state index contributed by atoms with van der Waals surface area (Å²) in [7, 11) is 0. The lowest BCUT2D eigenvalue weighted by atomic mass is 9.84. The van der Waals surface area contributed by atoms with Crippen LogP contribution in [-0.4, -0.2) is 15.1 Å². The standard InChI is InChI=1S/C20H20N2O/c1-20(2,3)18-8-4-7-16(19(18)23)17-13-22-11-9-15(17)14-6-5-10-21-12-14/h4-13,23H,1-3H3. The van der Waals surface area contributed by atoms with Crippen molar-refractivity contribution in [2.24, 2.45) is 0 Å². The van der Waals surface area contributed by atoms with Crippen molar-refractivity contribution < 1.29 is 5.11 Å². The number of aromatic nitrogens is 2. The van der Waals surface area contributed by atoms with Crippen molar-refractivity contribution in [3.63, 3.8) is 0 Å². The number of nitrogens with zero attached hydrogens (tertiary/aromatic N) is 2. The minimum atomic E-state index is -0.128. The monoisotopic (exact) mass is 304 g/mol. The van der Waals surface area contributed by atoms with E-state index in [1.165, 1.54) is 0 Å². The molecule has 1 aromatic carbocycles. The van der Waals surface area contributed by atoms with Gasteiger partial charge in [0.05, 0.1) is 0 Å². The molecule has 3 heteroatoms. The van der Waals surface area contributed by atoms with E-state index in [4.69, 9.17) is 0 Å². The molecule has 0 fully saturated rings. The van der Waals surface area contributed by atoms with Crippen LogP contribution in [0.5, 0.6) is 5.75 Å². The Balaban J connectivity index is 2.22. The van der Waals surface area contributed by atoms with E-state index >= 15 is 0 Å². The van der Waals surface area contributed by atoms with Gasteiger partial charge in [-0.25, -0.2) is 0 Å². The van der Waals surface area contributed by atoms with Crippen molar-refractivity contribution in [3.8, 4) is 28.0 Å². The second kappa shape index (κ2) is 5.84. The highest BCUT2D eigenvalue weighted by Gasteiger charge is 2.21. The summed E-state index contributed by atoms with van der Waals surface area (Å²) in [6.07, 6.45) is 7.13. The topological polar surface area (TPSA) is 46.0 Å². The van der Waals surface area contributed by atoms with Gasteiger partial charge in [0.2, 0.25) is 0 Å². The summed E-state index contributed by atoms with van der Waals surface area (Å²) >= 11 is 0. The van der Waals surface area contributed by atoms with Crippen molar-refractivity contribution in [2.75, 3.05) is 0 Å². The van der Waals surface area contributed by atoms with Gasteiger partial charge in [-0.15, -0.1) is 0 Å². The van der Waals surface area contributed by atoms with E-state index in [1.807, 2.05) is 42.6 Å². The summed E-state index contributed by atoms with van der Waals surface area (Å²) in [4.78, 5) is 8.44. The first kappa shape index (κ1) is 15.2. The van der Waals surface area contributed by atoms with E-state index in [0.29, 0.717) is 5.75 Å². The molecule has 2 aromatic heterocycles. The zero-order valence-corrected chi connectivity index (χ0v) is 13.6. The van der Waals surface area contributed by atoms with Gasteiger partial charge in [0.25, 0.3) is 0 Å². The number of para-hydroxylation sites is 1. The maximum Gasteiger partial charge on any atom is 0.127 e. The zero-order valence-electron chi connectivity index (χ0n) is 13.6. The summed E-state index contributed by atoms with van der Waals surface area (Å²) in [6, 6.07) is 11.8.